The molecule has 184 valence electrons. The van der Waals surface area contributed by atoms with Crippen molar-refractivity contribution < 1.29 is 14.0 Å². The molecule has 35 heavy (non-hydrogen) atoms. The van der Waals surface area contributed by atoms with Crippen molar-refractivity contribution in [1.29, 1.82) is 0 Å². The Morgan fingerprint density at radius 1 is 1.06 bits per heavy atom. The van der Waals surface area contributed by atoms with Crippen LogP contribution in [0.4, 0.5) is 11.4 Å². The third-order valence-corrected chi connectivity index (χ3v) is 6.85. The zero-order chi connectivity index (χ0) is 24.8. The first kappa shape index (κ1) is 25.1. The monoisotopic (exact) mass is 513 g/mol. The largest absolute Gasteiger partial charge is 0.467 e. The molecule has 2 amide bonds. The first-order valence-electron chi connectivity index (χ1n) is 11.9. The van der Waals surface area contributed by atoms with E-state index in [1.165, 1.54) is 6.07 Å². The van der Waals surface area contributed by atoms with E-state index in [-0.39, 0.29) is 11.8 Å². The van der Waals surface area contributed by atoms with Crippen molar-refractivity contribution in [2.24, 2.45) is 0 Å². The van der Waals surface area contributed by atoms with Crippen molar-refractivity contribution in [3.63, 3.8) is 0 Å². The Kier molecular flexibility index (Phi) is 8.37. The van der Waals surface area contributed by atoms with E-state index < -0.39 is 0 Å². The van der Waals surface area contributed by atoms with Gasteiger partial charge >= 0.3 is 0 Å². The first-order valence-corrected chi connectivity index (χ1v) is 12.7. The van der Waals surface area contributed by atoms with Crippen molar-refractivity contribution in [2.75, 3.05) is 29.9 Å². The first-order chi connectivity index (χ1) is 17.0. The highest BCUT2D eigenvalue weighted by atomic mass is 35.5. The Morgan fingerprint density at radius 2 is 1.86 bits per heavy atom. The lowest BCUT2D eigenvalue weighted by molar-refractivity contribution is 0.0793. The van der Waals surface area contributed by atoms with Gasteiger partial charge in [0.05, 0.1) is 34.1 Å². The maximum atomic E-state index is 13.6. The number of unbranched alkanes of at least 4 members (excludes halogenated alkanes) is 1. The Balaban J connectivity index is 1.66. The Bertz CT molecular complexity index is 1170. The van der Waals surface area contributed by atoms with Crippen LogP contribution in [0.3, 0.4) is 0 Å². The van der Waals surface area contributed by atoms with E-state index in [1.54, 1.807) is 24.5 Å². The van der Waals surface area contributed by atoms with E-state index in [1.807, 2.05) is 29.2 Å². The molecule has 0 aliphatic carbocycles. The van der Waals surface area contributed by atoms with Gasteiger partial charge in [-0.2, -0.15) is 0 Å². The molecule has 1 aliphatic heterocycles. The number of rotatable bonds is 9. The summed E-state index contributed by atoms with van der Waals surface area (Å²) in [7, 11) is 0. The molecule has 1 saturated heterocycles. The molecule has 2 aromatic carbocycles. The van der Waals surface area contributed by atoms with E-state index in [4.69, 9.17) is 27.6 Å². The van der Waals surface area contributed by atoms with Gasteiger partial charge in [0.15, 0.2) is 0 Å². The minimum Gasteiger partial charge on any atom is -0.467 e. The Morgan fingerprint density at radius 3 is 2.54 bits per heavy atom. The molecule has 3 aromatic rings. The molecule has 6 nitrogen and oxygen atoms in total. The van der Waals surface area contributed by atoms with Crippen LogP contribution in [0.1, 0.15) is 59.1 Å². The number of halogens is 2. The van der Waals surface area contributed by atoms with E-state index in [0.29, 0.717) is 33.4 Å². The summed E-state index contributed by atoms with van der Waals surface area (Å²) in [4.78, 5) is 30.5. The molecule has 0 radical (unpaired) electrons. The molecular formula is C27H29Cl2N3O3. The van der Waals surface area contributed by atoms with E-state index in [0.717, 1.165) is 56.8 Å². The van der Waals surface area contributed by atoms with Crippen LogP contribution in [0.2, 0.25) is 10.0 Å². The SMILES string of the molecule is CCCCN(Cc1ccco1)c1ccc(NC(=O)c2ccc(Cl)c(Cl)c2)cc1C(=O)N1CCCC1. The Labute approximate surface area is 215 Å². The van der Waals surface area contributed by atoms with Crippen LogP contribution in [-0.4, -0.2) is 36.3 Å². The summed E-state index contributed by atoms with van der Waals surface area (Å²) in [6, 6.07) is 14.0. The lowest BCUT2D eigenvalue weighted by atomic mass is 10.1. The summed E-state index contributed by atoms with van der Waals surface area (Å²) in [6.07, 6.45) is 5.67. The minimum absolute atomic E-state index is 0.0240. The summed E-state index contributed by atoms with van der Waals surface area (Å²) in [6.45, 7) is 4.97. The fourth-order valence-electron chi connectivity index (χ4n) is 4.22. The van der Waals surface area contributed by atoms with Crippen LogP contribution in [0, 0.1) is 0 Å². The molecular weight excluding hydrogens is 485 g/mol. The highest BCUT2D eigenvalue weighted by molar-refractivity contribution is 6.42. The van der Waals surface area contributed by atoms with Crippen molar-refractivity contribution in [3.8, 4) is 0 Å². The van der Waals surface area contributed by atoms with Crippen molar-refractivity contribution >= 4 is 46.4 Å². The topological polar surface area (TPSA) is 65.8 Å². The summed E-state index contributed by atoms with van der Waals surface area (Å²) in [5.74, 6) is 0.482. The van der Waals surface area contributed by atoms with Crippen molar-refractivity contribution in [3.05, 3.63) is 81.7 Å². The second kappa shape index (κ2) is 11.6. The summed E-state index contributed by atoms with van der Waals surface area (Å²) >= 11 is 12.1. The fourth-order valence-corrected chi connectivity index (χ4v) is 4.51. The number of likely N-dealkylation sites (tertiary alicyclic amines) is 1. The van der Waals surface area contributed by atoms with E-state index in [2.05, 4.69) is 17.1 Å². The van der Waals surface area contributed by atoms with Crippen LogP contribution in [0.25, 0.3) is 0 Å². The van der Waals surface area contributed by atoms with Gasteiger partial charge in [-0.15, -0.1) is 0 Å². The number of benzene rings is 2. The molecule has 1 N–H and O–H groups in total. The molecule has 1 fully saturated rings. The highest BCUT2D eigenvalue weighted by Crippen LogP contribution is 2.30. The van der Waals surface area contributed by atoms with Crippen LogP contribution >= 0.6 is 23.2 Å². The predicted molar refractivity (Wildman–Crippen MR) is 141 cm³/mol. The van der Waals surface area contributed by atoms with E-state index >= 15 is 0 Å². The summed E-state index contributed by atoms with van der Waals surface area (Å²) in [5, 5.41) is 3.59. The maximum Gasteiger partial charge on any atom is 0.256 e. The van der Waals surface area contributed by atoms with Gasteiger partial charge in [0, 0.05) is 30.9 Å². The molecule has 0 unspecified atom stereocenters. The average molecular weight is 514 g/mol. The number of amides is 2. The van der Waals surface area contributed by atoms with Gasteiger partial charge < -0.3 is 19.5 Å². The maximum absolute atomic E-state index is 13.6. The van der Waals surface area contributed by atoms with Gasteiger partial charge in [0.1, 0.15) is 5.76 Å². The molecule has 1 aromatic heterocycles. The zero-order valence-corrected chi connectivity index (χ0v) is 21.2. The Hall–Kier alpha value is -2.96. The lowest BCUT2D eigenvalue weighted by Crippen LogP contribution is -2.31. The number of furan rings is 1. The van der Waals surface area contributed by atoms with Gasteiger partial charge in [0.25, 0.3) is 11.8 Å². The lowest BCUT2D eigenvalue weighted by Gasteiger charge is -2.28. The zero-order valence-electron chi connectivity index (χ0n) is 19.7. The van der Waals surface area contributed by atoms with Gasteiger partial charge in [-0.05, 0) is 67.8 Å². The van der Waals surface area contributed by atoms with Gasteiger partial charge in [0.2, 0.25) is 0 Å². The molecule has 0 spiro atoms. The number of nitrogens with zero attached hydrogens (tertiary/aromatic N) is 2. The standard InChI is InChI=1S/C27H29Cl2N3O3/c1-2-3-12-32(18-21-7-6-15-35-21)25-11-9-20(17-22(25)27(34)31-13-4-5-14-31)30-26(33)19-8-10-23(28)24(29)16-19/h6-11,15-17H,2-5,12-14,18H2,1H3,(H,30,33). The minimum atomic E-state index is -0.325. The summed E-state index contributed by atoms with van der Waals surface area (Å²) < 4.78 is 5.59. The number of nitrogens with one attached hydrogen (secondary N) is 1. The molecule has 2 heterocycles. The molecule has 8 heteroatoms. The normalized spacial score (nSPS) is 13.2. The van der Waals surface area contributed by atoms with Gasteiger partial charge in [-0.1, -0.05) is 36.5 Å². The molecule has 1 aliphatic rings. The second-order valence-corrected chi connectivity index (χ2v) is 9.48. The smallest absolute Gasteiger partial charge is 0.256 e. The van der Waals surface area contributed by atoms with E-state index in [9.17, 15) is 9.59 Å². The highest BCUT2D eigenvalue weighted by Gasteiger charge is 2.25. The van der Waals surface area contributed by atoms with Crippen LogP contribution in [0.5, 0.6) is 0 Å². The fraction of sp³-hybridized carbons (Fsp3) is 0.333. The number of carbonyl (C=O) groups excluding carboxylic acids is 2. The number of anilines is 2. The van der Waals surface area contributed by atoms with Crippen molar-refractivity contribution in [2.45, 2.75) is 39.2 Å². The second-order valence-electron chi connectivity index (χ2n) is 8.67. The molecule has 0 atom stereocenters. The molecule has 0 saturated carbocycles. The van der Waals surface area contributed by atoms with Gasteiger partial charge in [-0.3, -0.25) is 9.59 Å². The number of hydrogen-bond donors (Lipinski definition) is 1. The molecule has 0 bridgehead atoms. The summed E-state index contributed by atoms with van der Waals surface area (Å²) in [5.41, 5.74) is 2.33. The van der Waals surface area contributed by atoms with Crippen molar-refractivity contribution in [1.82, 2.24) is 4.90 Å². The van der Waals surface area contributed by atoms with Crippen LogP contribution in [0.15, 0.2) is 59.2 Å². The third kappa shape index (κ3) is 6.19. The van der Waals surface area contributed by atoms with Crippen LogP contribution < -0.4 is 10.2 Å². The van der Waals surface area contributed by atoms with Gasteiger partial charge in [-0.25, -0.2) is 0 Å². The third-order valence-electron chi connectivity index (χ3n) is 6.11. The predicted octanol–water partition coefficient (Wildman–Crippen LogP) is 6.88. The quantitative estimate of drug-likeness (QED) is 0.338. The number of hydrogen-bond acceptors (Lipinski definition) is 4. The average Bonchev–Trinajstić information content (AvgIpc) is 3.58. The van der Waals surface area contributed by atoms with Crippen LogP contribution in [-0.2, 0) is 6.54 Å². The number of carbonyl (C=O) groups is 2. The molecule has 4 rings (SSSR count).